The van der Waals surface area contributed by atoms with E-state index >= 15 is 0 Å². The number of rotatable bonds is 3. The topological polar surface area (TPSA) is 69.6 Å². The van der Waals surface area contributed by atoms with Gasteiger partial charge in [-0.2, -0.15) is 0 Å². The zero-order valence-corrected chi connectivity index (χ0v) is 12.4. The van der Waals surface area contributed by atoms with Crippen LogP contribution < -0.4 is 5.32 Å². The van der Waals surface area contributed by atoms with Crippen molar-refractivity contribution >= 4 is 40.9 Å². The first-order chi connectivity index (χ1) is 9.86. The van der Waals surface area contributed by atoms with Crippen molar-refractivity contribution in [3.05, 3.63) is 28.0 Å². The molecule has 0 radical (unpaired) electrons. The largest absolute Gasteiger partial charge is 0.481 e. The van der Waals surface area contributed by atoms with E-state index in [1.54, 1.807) is 0 Å². The van der Waals surface area contributed by atoms with Gasteiger partial charge in [0.2, 0.25) is 0 Å². The van der Waals surface area contributed by atoms with Crippen LogP contribution in [0.25, 0.3) is 0 Å². The fourth-order valence-electron chi connectivity index (χ4n) is 2.26. The van der Waals surface area contributed by atoms with Gasteiger partial charge < -0.3 is 15.3 Å². The van der Waals surface area contributed by atoms with Gasteiger partial charge in [0, 0.05) is 25.2 Å². The van der Waals surface area contributed by atoms with E-state index in [0.29, 0.717) is 19.5 Å². The average Bonchev–Trinajstić information content (AvgIpc) is 2.83. The molecule has 1 aromatic carbocycles. The Balaban J connectivity index is 1.98. The number of benzene rings is 1. The maximum absolute atomic E-state index is 13.3. The Morgan fingerprint density at radius 2 is 2.00 bits per heavy atom. The minimum Gasteiger partial charge on any atom is -0.481 e. The van der Waals surface area contributed by atoms with Crippen LogP contribution in [-0.4, -0.2) is 35.1 Å². The molecule has 1 heterocycles. The predicted octanol–water partition coefficient (Wildman–Crippen LogP) is 3.46. The molecule has 1 atom stereocenters. The molecule has 1 fully saturated rings. The fraction of sp³-hybridized carbons (Fsp3) is 0.385. The third kappa shape index (κ3) is 3.98. The second-order valence-corrected chi connectivity index (χ2v) is 5.70. The number of carbonyl (C=O) groups excluding carboxylic acids is 1. The molecule has 1 unspecified atom stereocenters. The molecule has 0 aliphatic carbocycles. The number of urea groups is 1. The van der Waals surface area contributed by atoms with Gasteiger partial charge in [-0.05, 0) is 24.5 Å². The summed E-state index contributed by atoms with van der Waals surface area (Å²) in [6, 6.07) is 2.15. The molecule has 114 valence electrons. The third-order valence-corrected chi connectivity index (χ3v) is 3.82. The lowest BCUT2D eigenvalue weighted by Crippen LogP contribution is -2.33. The number of carboxylic acid groups (broad SMARTS) is 1. The van der Waals surface area contributed by atoms with Gasteiger partial charge in [-0.3, -0.25) is 4.79 Å². The molecule has 2 rings (SSSR count). The molecule has 0 saturated carbocycles. The molecular formula is C13H13Cl2FN2O3. The van der Waals surface area contributed by atoms with Crippen molar-refractivity contribution in [1.82, 2.24) is 4.90 Å². The van der Waals surface area contributed by atoms with Crippen molar-refractivity contribution in [3.8, 4) is 0 Å². The highest BCUT2D eigenvalue weighted by molar-refractivity contribution is 6.35. The van der Waals surface area contributed by atoms with E-state index in [9.17, 15) is 14.0 Å². The first-order valence-electron chi connectivity index (χ1n) is 6.29. The Kier molecular flexibility index (Phi) is 4.90. The molecular weight excluding hydrogens is 322 g/mol. The monoisotopic (exact) mass is 334 g/mol. The number of anilines is 1. The van der Waals surface area contributed by atoms with Gasteiger partial charge in [0.05, 0.1) is 10.0 Å². The molecule has 2 amide bonds. The lowest BCUT2D eigenvalue weighted by molar-refractivity contribution is -0.138. The highest BCUT2D eigenvalue weighted by Crippen LogP contribution is 2.28. The quantitative estimate of drug-likeness (QED) is 0.831. The number of likely N-dealkylation sites (tertiary alicyclic amines) is 1. The molecule has 1 aliphatic rings. The fourth-order valence-corrected chi connectivity index (χ4v) is 2.75. The van der Waals surface area contributed by atoms with Crippen molar-refractivity contribution in [1.29, 1.82) is 0 Å². The van der Waals surface area contributed by atoms with Gasteiger partial charge in [-0.1, -0.05) is 23.2 Å². The Labute approximate surface area is 130 Å². The summed E-state index contributed by atoms with van der Waals surface area (Å²) in [7, 11) is 0. The molecule has 0 spiro atoms. The predicted molar refractivity (Wildman–Crippen MR) is 77.4 cm³/mol. The number of carboxylic acids is 1. The SMILES string of the molecule is O=C(O)CC1CCN(C(=O)Nc2cc(Cl)c(F)c(Cl)c2)C1. The number of aliphatic carboxylic acids is 1. The van der Waals surface area contributed by atoms with Crippen molar-refractivity contribution in [2.45, 2.75) is 12.8 Å². The summed E-state index contributed by atoms with van der Waals surface area (Å²) in [6.07, 6.45) is 0.683. The Hall–Kier alpha value is -1.53. The first kappa shape index (κ1) is 15.9. The second-order valence-electron chi connectivity index (χ2n) is 4.88. The lowest BCUT2D eigenvalue weighted by Gasteiger charge is -2.17. The highest BCUT2D eigenvalue weighted by Gasteiger charge is 2.27. The number of nitrogens with zero attached hydrogens (tertiary/aromatic N) is 1. The van der Waals surface area contributed by atoms with Gasteiger partial charge in [-0.15, -0.1) is 0 Å². The molecule has 5 nitrogen and oxygen atoms in total. The molecule has 21 heavy (non-hydrogen) atoms. The van der Waals surface area contributed by atoms with Crippen molar-refractivity contribution in [3.63, 3.8) is 0 Å². The van der Waals surface area contributed by atoms with Gasteiger partial charge in [0.15, 0.2) is 5.82 Å². The smallest absolute Gasteiger partial charge is 0.321 e. The zero-order valence-electron chi connectivity index (χ0n) is 10.9. The van der Waals surface area contributed by atoms with Crippen molar-refractivity contribution < 1.29 is 19.1 Å². The van der Waals surface area contributed by atoms with Crippen molar-refractivity contribution in [2.75, 3.05) is 18.4 Å². The van der Waals surface area contributed by atoms with Crippen LogP contribution in [0.15, 0.2) is 12.1 Å². The van der Waals surface area contributed by atoms with Crippen LogP contribution in [0.3, 0.4) is 0 Å². The second kappa shape index (κ2) is 6.49. The molecule has 2 N–H and O–H groups in total. The molecule has 1 aliphatic heterocycles. The van der Waals surface area contributed by atoms with E-state index < -0.39 is 11.8 Å². The van der Waals surface area contributed by atoms with Crippen LogP contribution in [-0.2, 0) is 4.79 Å². The van der Waals surface area contributed by atoms with Gasteiger partial charge in [0.25, 0.3) is 0 Å². The van der Waals surface area contributed by atoms with Crippen LogP contribution in [0.4, 0.5) is 14.9 Å². The highest BCUT2D eigenvalue weighted by atomic mass is 35.5. The third-order valence-electron chi connectivity index (χ3n) is 3.27. The van der Waals surface area contributed by atoms with E-state index in [1.165, 1.54) is 17.0 Å². The molecule has 0 bridgehead atoms. The normalized spacial score (nSPS) is 17.9. The van der Waals surface area contributed by atoms with Gasteiger partial charge in [-0.25, -0.2) is 9.18 Å². The zero-order chi connectivity index (χ0) is 15.6. The summed E-state index contributed by atoms with van der Waals surface area (Å²) in [4.78, 5) is 24.2. The summed E-state index contributed by atoms with van der Waals surface area (Å²) < 4.78 is 13.3. The number of carbonyl (C=O) groups is 2. The molecule has 1 saturated heterocycles. The number of halogens is 3. The van der Waals surface area contributed by atoms with Crippen LogP contribution in [0.5, 0.6) is 0 Å². The van der Waals surface area contributed by atoms with Crippen molar-refractivity contribution in [2.24, 2.45) is 5.92 Å². The lowest BCUT2D eigenvalue weighted by atomic mass is 10.1. The molecule has 8 heteroatoms. The number of amides is 2. The molecule has 0 aromatic heterocycles. The number of hydrogen-bond acceptors (Lipinski definition) is 2. The molecule has 1 aromatic rings. The summed E-state index contributed by atoms with van der Waals surface area (Å²) in [5.41, 5.74) is 0.290. The van der Waals surface area contributed by atoms with E-state index in [1.807, 2.05) is 0 Å². The van der Waals surface area contributed by atoms with E-state index in [4.69, 9.17) is 28.3 Å². The Morgan fingerprint density at radius 1 is 1.38 bits per heavy atom. The summed E-state index contributed by atoms with van der Waals surface area (Å²) in [6.45, 7) is 0.854. The maximum Gasteiger partial charge on any atom is 0.321 e. The van der Waals surface area contributed by atoms with Crippen LogP contribution >= 0.6 is 23.2 Å². The van der Waals surface area contributed by atoms with Crippen LogP contribution in [0.1, 0.15) is 12.8 Å². The van der Waals surface area contributed by atoms with Crippen LogP contribution in [0, 0.1) is 11.7 Å². The van der Waals surface area contributed by atoms with E-state index in [2.05, 4.69) is 5.32 Å². The summed E-state index contributed by atoms with van der Waals surface area (Å²) >= 11 is 11.3. The number of hydrogen-bond donors (Lipinski definition) is 2. The van der Waals surface area contributed by atoms with E-state index in [0.717, 1.165) is 0 Å². The standard InChI is InChI=1S/C13H13Cl2FN2O3/c14-9-4-8(5-10(15)12(9)16)17-13(21)18-2-1-7(6-18)3-11(19)20/h4-5,7H,1-3,6H2,(H,17,21)(H,19,20). The Morgan fingerprint density at radius 3 is 2.57 bits per heavy atom. The Bertz CT molecular complexity index is 560. The number of nitrogens with one attached hydrogen (secondary N) is 1. The minimum absolute atomic E-state index is 0.0397. The van der Waals surface area contributed by atoms with Crippen LogP contribution in [0.2, 0.25) is 10.0 Å². The summed E-state index contributed by atoms with van der Waals surface area (Å²) in [5, 5.41) is 11.0. The van der Waals surface area contributed by atoms with Gasteiger partial charge >= 0.3 is 12.0 Å². The first-order valence-corrected chi connectivity index (χ1v) is 7.04. The van der Waals surface area contributed by atoms with E-state index in [-0.39, 0.29) is 34.1 Å². The van der Waals surface area contributed by atoms with Gasteiger partial charge in [0.1, 0.15) is 0 Å². The average molecular weight is 335 g/mol. The minimum atomic E-state index is -0.876. The summed E-state index contributed by atoms with van der Waals surface area (Å²) in [5.74, 6) is -1.66. The maximum atomic E-state index is 13.3.